The fraction of sp³-hybridized carbons (Fsp3) is 0.105. The number of hydrogen-bond acceptors (Lipinski definition) is 4. The average molecular weight is 430 g/mol. The summed E-state index contributed by atoms with van der Waals surface area (Å²) in [7, 11) is 0. The molecule has 2 N–H and O–H groups in total. The molecule has 1 aromatic heterocycles. The summed E-state index contributed by atoms with van der Waals surface area (Å²) in [4.78, 5) is 27.7. The maximum atomic E-state index is 12.2. The van der Waals surface area contributed by atoms with Gasteiger partial charge in [0.15, 0.2) is 5.13 Å². The van der Waals surface area contributed by atoms with Crippen LogP contribution in [-0.2, 0) is 11.3 Å². The van der Waals surface area contributed by atoms with Gasteiger partial charge in [0, 0.05) is 34.4 Å². The van der Waals surface area contributed by atoms with Crippen molar-refractivity contribution >= 4 is 44.2 Å². The molecule has 0 aliphatic heterocycles. The lowest BCUT2D eigenvalue weighted by molar-refractivity contribution is -0.119. The van der Waals surface area contributed by atoms with E-state index < -0.39 is 0 Å². The lowest BCUT2D eigenvalue weighted by Crippen LogP contribution is -2.18. The first-order chi connectivity index (χ1) is 12.5. The Kier molecular flexibility index (Phi) is 5.80. The van der Waals surface area contributed by atoms with Gasteiger partial charge in [-0.2, -0.15) is 0 Å². The van der Waals surface area contributed by atoms with Crippen molar-refractivity contribution in [2.75, 3.05) is 5.32 Å². The highest BCUT2D eigenvalue weighted by atomic mass is 79.9. The van der Waals surface area contributed by atoms with Gasteiger partial charge in [0.1, 0.15) is 0 Å². The zero-order valence-corrected chi connectivity index (χ0v) is 16.4. The molecule has 0 spiro atoms. The molecule has 0 fully saturated rings. The third kappa shape index (κ3) is 4.77. The molecule has 5 nitrogen and oxygen atoms in total. The summed E-state index contributed by atoms with van der Waals surface area (Å²) in [6.45, 7) is 1.99. The molecule has 132 valence electrons. The number of nitrogens with zero attached hydrogens (tertiary/aromatic N) is 1. The Morgan fingerprint density at radius 1 is 1.08 bits per heavy atom. The lowest BCUT2D eigenvalue weighted by atomic mass is 10.1. The van der Waals surface area contributed by atoms with E-state index in [2.05, 4.69) is 31.5 Å². The van der Waals surface area contributed by atoms with Crippen molar-refractivity contribution in [3.8, 4) is 11.3 Å². The Hall–Kier alpha value is -2.51. The maximum absolute atomic E-state index is 12.2. The van der Waals surface area contributed by atoms with Crippen LogP contribution in [0.2, 0.25) is 0 Å². The third-order valence-electron chi connectivity index (χ3n) is 3.62. The van der Waals surface area contributed by atoms with Crippen LogP contribution in [0, 0.1) is 0 Å². The van der Waals surface area contributed by atoms with E-state index in [1.165, 1.54) is 18.3 Å². The van der Waals surface area contributed by atoms with Crippen LogP contribution < -0.4 is 10.6 Å². The zero-order valence-electron chi connectivity index (χ0n) is 14.0. The number of carbonyl (C=O) groups excluding carboxylic acids is 2. The Balaban J connectivity index is 1.66. The van der Waals surface area contributed by atoms with E-state index >= 15 is 0 Å². The summed E-state index contributed by atoms with van der Waals surface area (Å²) in [5.74, 6) is -0.246. The molecule has 0 unspecified atom stereocenters. The van der Waals surface area contributed by atoms with Gasteiger partial charge in [-0.25, -0.2) is 4.98 Å². The number of thiazole rings is 1. The molecule has 0 atom stereocenters. The zero-order chi connectivity index (χ0) is 18.5. The fourth-order valence-corrected chi connectivity index (χ4v) is 3.23. The van der Waals surface area contributed by atoms with Crippen molar-refractivity contribution < 1.29 is 9.59 Å². The van der Waals surface area contributed by atoms with Crippen molar-refractivity contribution in [1.82, 2.24) is 10.3 Å². The van der Waals surface area contributed by atoms with Crippen molar-refractivity contribution in [2.24, 2.45) is 0 Å². The van der Waals surface area contributed by atoms with Gasteiger partial charge in [-0.15, -0.1) is 11.3 Å². The molecule has 3 aromatic rings. The molecular formula is C19H16BrN3O2S. The second kappa shape index (κ2) is 8.25. The molecule has 0 bridgehead atoms. The van der Waals surface area contributed by atoms with Crippen LogP contribution in [0.1, 0.15) is 22.8 Å². The Bertz CT molecular complexity index is 921. The highest BCUT2D eigenvalue weighted by Gasteiger charge is 2.10. The molecule has 26 heavy (non-hydrogen) atoms. The van der Waals surface area contributed by atoms with E-state index in [0.717, 1.165) is 21.3 Å². The van der Waals surface area contributed by atoms with Crippen LogP contribution in [0.15, 0.2) is 58.4 Å². The van der Waals surface area contributed by atoms with Crippen LogP contribution in [-0.4, -0.2) is 16.8 Å². The fourth-order valence-electron chi connectivity index (χ4n) is 2.25. The van der Waals surface area contributed by atoms with Crippen molar-refractivity contribution in [1.29, 1.82) is 0 Å². The molecule has 0 saturated carbocycles. The van der Waals surface area contributed by atoms with E-state index in [1.807, 2.05) is 41.8 Å². The Morgan fingerprint density at radius 3 is 2.42 bits per heavy atom. The summed E-state index contributed by atoms with van der Waals surface area (Å²) in [6.07, 6.45) is 0. The Labute approximate surface area is 163 Å². The maximum Gasteiger partial charge on any atom is 0.257 e. The summed E-state index contributed by atoms with van der Waals surface area (Å²) in [5.41, 5.74) is 3.35. The number of rotatable bonds is 5. The van der Waals surface area contributed by atoms with Gasteiger partial charge < -0.3 is 5.32 Å². The van der Waals surface area contributed by atoms with Gasteiger partial charge in [-0.3, -0.25) is 14.9 Å². The topological polar surface area (TPSA) is 71.1 Å². The molecule has 2 amide bonds. The predicted octanol–water partition coefficient (Wildman–Crippen LogP) is 4.46. The number of nitrogens with one attached hydrogen (secondary N) is 2. The predicted molar refractivity (Wildman–Crippen MR) is 107 cm³/mol. The minimum absolute atomic E-state index is 0.0558. The number of aromatic nitrogens is 1. The van der Waals surface area contributed by atoms with E-state index in [9.17, 15) is 9.59 Å². The largest absolute Gasteiger partial charge is 0.352 e. The van der Waals surface area contributed by atoms with Gasteiger partial charge in [-0.1, -0.05) is 40.2 Å². The Morgan fingerprint density at radius 2 is 1.77 bits per heavy atom. The molecule has 0 aliphatic carbocycles. The van der Waals surface area contributed by atoms with E-state index in [-0.39, 0.29) is 11.8 Å². The van der Waals surface area contributed by atoms with Gasteiger partial charge >= 0.3 is 0 Å². The summed E-state index contributed by atoms with van der Waals surface area (Å²) >= 11 is 4.73. The summed E-state index contributed by atoms with van der Waals surface area (Å²) in [5, 5.41) is 8.03. The number of halogens is 1. The minimum Gasteiger partial charge on any atom is -0.352 e. The second-order valence-electron chi connectivity index (χ2n) is 5.61. The van der Waals surface area contributed by atoms with Crippen LogP contribution in [0.25, 0.3) is 11.3 Å². The van der Waals surface area contributed by atoms with Gasteiger partial charge in [0.25, 0.3) is 5.91 Å². The smallest absolute Gasteiger partial charge is 0.257 e. The molecule has 7 heteroatoms. The van der Waals surface area contributed by atoms with Gasteiger partial charge in [0.2, 0.25) is 5.91 Å². The number of carbonyl (C=O) groups is 2. The minimum atomic E-state index is -0.191. The van der Waals surface area contributed by atoms with Crippen LogP contribution in [0.5, 0.6) is 0 Å². The molecule has 0 saturated heterocycles. The van der Waals surface area contributed by atoms with E-state index in [1.54, 1.807) is 12.1 Å². The van der Waals surface area contributed by atoms with Gasteiger partial charge in [0.05, 0.1) is 5.69 Å². The van der Waals surface area contributed by atoms with Crippen molar-refractivity contribution in [2.45, 2.75) is 13.5 Å². The standard InChI is InChI=1S/C19H16BrN3O2S/c1-12(24)21-10-13-2-4-14(5-3-13)17-11-26-19(22-17)23-18(25)15-6-8-16(20)9-7-15/h2-9,11H,10H2,1H3,(H,21,24)(H,22,23,25). The third-order valence-corrected chi connectivity index (χ3v) is 4.91. The molecule has 2 aromatic carbocycles. The first-order valence-electron chi connectivity index (χ1n) is 7.87. The SMILES string of the molecule is CC(=O)NCc1ccc(-c2csc(NC(=O)c3ccc(Br)cc3)n2)cc1. The first kappa shape index (κ1) is 18.3. The molecule has 1 heterocycles. The quantitative estimate of drug-likeness (QED) is 0.628. The highest BCUT2D eigenvalue weighted by molar-refractivity contribution is 9.10. The molecule has 0 aliphatic rings. The lowest BCUT2D eigenvalue weighted by Gasteiger charge is -2.04. The van der Waals surface area contributed by atoms with Crippen molar-refractivity contribution in [3.63, 3.8) is 0 Å². The van der Waals surface area contributed by atoms with Gasteiger partial charge in [-0.05, 0) is 29.8 Å². The molecular weight excluding hydrogens is 414 g/mol. The number of hydrogen-bond donors (Lipinski definition) is 2. The molecule has 3 rings (SSSR count). The van der Waals surface area contributed by atoms with E-state index in [0.29, 0.717) is 17.2 Å². The van der Waals surface area contributed by atoms with Crippen molar-refractivity contribution in [3.05, 3.63) is 69.5 Å². The first-order valence-corrected chi connectivity index (χ1v) is 9.55. The van der Waals surface area contributed by atoms with Crippen LogP contribution >= 0.6 is 27.3 Å². The molecule has 0 radical (unpaired) electrons. The average Bonchev–Trinajstić information content (AvgIpc) is 3.09. The summed E-state index contributed by atoms with van der Waals surface area (Å²) in [6, 6.07) is 15.0. The number of anilines is 1. The number of benzene rings is 2. The van der Waals surface area contributed by atoms with E-state index in [4.69, 9.17) is 0 Å². The highest BCUT2D eigenvalue weighted by Crippen LogP contribution is 2.25. The normalized spacial score (nSPS) is 10.4. The van der Waals surface area contributed by atoms with Crippen LogP contribution in [0.4, 0.5) is 5.13 Å². The number of amides is 2. The summed E-state index contributed by atoms with van der Waals surface area (Å²) < 4.78 is 0.924. The monoisotopic (exact) mass is 429 g/mol. The second-order valence-corrected chi connectivity index (χ2v) is 7.38. The van der Waals surface area contributed by atoms with Crippen LogP contribution in [0.3, 0.4) is 0 Å².